The molecule has 0 heterocycles. The maximum absolute atomic E-state index is 6.19. The molecule has 0 spiro atoms. The van der Waals surface area contributed by atoms with Gasteiger partial charge in [0.05, 0.1) is 13.2 Å². The Morgan fingerprint density at radius 1 is 0.714 bits per heavy atom. The van der Waals surface area contributed by atoms with Crippen molar-refractivity contribution in [2.45, 2.75) is 39.3 Å². The zero-order valence-electron chi connectivity index (χ0n) is 16.3. The van der Waals surface area contributed by atoms with Crippen molar-refractivity contribution < 1.29 is 9.47 Å². The Bertz CT molecular complexity index is 848. The topological polar surface area (TPSA) is 18.5 Å². The Morgan fingerprint density at radius 2 is 1.25 bits per heavy atom. The first-order valence-corrected chi connectivity index (χ1v) is 9.75. The Balaban J connectivity index is 1.80. The minimum Gasteiger partial charge on any atom is -0.344 e. The molecule has 2 heteroatoms. The molecule has 28 heavy (non-hydrogen) atoms. The molecule has 142 valence electrons. The van der Waals surface area contributed by atoms with Crippen LogP contribution in [0.15, 0.2) is 84.9 Å². The van der Waals surface area contributed by atoms with Gasteiger partial charge in [-0.3, -0.25) is 0 Å². The Morgan fingerprint density at radius 3 is 1.82 bits per heavy atom. The number of ether oxygens (including phenoxy) is 2. The second-order valence-corrected chi connectivity index (χ2v) is 6.56. The Kier molecular flexibility index (Phi) is 7.88. The molecule has 0 saturated carbocycles. The first kappa shape index (κ1) is 19.9. The van der Waals surface area contributed by atoms with Crippen LogP contribution in [0.25, 0.3) is 0 Å². The van der Waals surface area contributed by atoms with Crippen molar-refractivity contribution in [3.05, 3.63) is 107 Å². The predicted octanol–water partition coefficient (Wildman–Crippen LogP) is 6.27. The molecular weight excluding hydrogens is 344 g/mol. The highest BCUT2D eigenvalue weighted by Crippen LogP contribution is 2.25. The standard InChI is InChI=1S/C26H26O2/c1-2-3-6-17-24-18-11-12-19-25(24)26(27-20-22-13-7-4-8-14-22)28-21-23-15-9-5-10-16-23/h4-5,7-16,18-19,26H,2-3,20-21H2,1H3. The first-order valence-electron chi connectivity index (χ1n) is 9.75. The van der Waals surface area contributed by atoms with Gasteiger partial charge in [-0.1, -0.05) is 97.6 Å². The molecule has 0 aliphatic carbocycles. The van der Waals surface area contributed by atoms with E-state index in [0.29, 0.717) is 13.2 Å². The van der Waals surface area contributed by atoms with E-state index < -0.39 is 6.29 Å². The van der Waals surface area contributed by atoms with E-state index in [1.807, 2.05) is 60.7 Å². The fourth-order valence-corrected chi connectivity index (χ4v) is 2.82. The number of hydrogen-bond acceptors (Lipinski definition) is 2. The van der Waals surface area contributed by atoms with Crippen LogP contribution in [0.2, 0.25) is 0 Å². The molecule has 0 unspecified atom stereocenters. The molecule has 0 aliphatic rings. The molecule has 3 rings (SSSR count). The van der Waals surface area contributed by atoms with Gasteiger partial charge in [0.2, 0.25) is 0 Å². The quantitative estimate of drug-likeness (QED) is 0.344. The van der Waals surface area contributed by atoms with Crippen LogP contribution in [0.1, 0.15) is 48.3 Å². The summed E-state index contributed by atoms with van der Waals surface area (Å²) in [6.07, 6.45) is 1.45. The van der Waals surface area contributed by atoms with Crippen molar-refractivity contribution in [2.24, 2.45) is 0 Å². The van der Waals surface area contributed by atoms with Crippen LogP contribution in [0.4, 0.5) is 0 Å². The minimum absolute atomic E-state index is 0.479. The summed E-state index contributed by atoms with van der Waals surface area (Å²) in [6, 6.07) is 28.4. The molecule has 3 aromatic carbocycles. The molecule has 0 amide bonds. The highest BCUT2D eigenvalue weighted by molar-refractivity contribution is 5.42. The smallest absolute Gasteiger partial charge is 0.185 e. The van der Waals surface area contributed by atoms with Gasteiger partial charge < -0.3 is 9.47 Å². The van der Waals surface area contributed by atoms with Gasteiger partial charge in [0.15, 0.2) is 6.29 Å². The van der Waals surface area contributed by atoms with Crippen LogP contribution in [-0.2, 0) is 22.7 Å². The van der Waals surface area contributed by atoms with Crippen LogP contribution < -0.4 is 0 Å². The molecule has 0 fully saturated rings. The van der Waals surface area contributed by atoms with Crippen LogP contribution in [0.5, 0.6) is 0 Å². The SMILES string of the molecule is CCCC#Cc1ccccc1C(OCc1ccccc1)OCc1ccccc1. The summed E-state index contributed by atoms with van der Waals surface area (Å²) in [5.74, 6) is 6.51. The highest BCUT2D eigenvalue weighted by Gasteiger charge is 2.16. The average Bonchev–Trinajstić information content (AvgIpc) is 2.76. The molecule has 0 saturated heterocycles. The summed E-state index contributed by atoms with van der Waals surface area (Å²) in [5, 5.41) is 0. The lowest BCUT2D eigenvalue weighted by molar-refractivity contribution is -0.161. The van der Waals surface area contributed by atoms with Crippen LogP contribution in [0.3, 0.4) is 0 Å². The van der Waals surface area contributed by atoms with E-state index in [0.717, 1.165) is 35.1 Å². The Labute approximate surface area is 168 Å². The maximum Gasteiger partial charge on any atom is 0.185 e. The molecule has 0 radical (unpaired) electrons. The summed E-state index contributed by atoms with van der Waals surface area (Å²) in [5.41, 5.74) is 4.16. The monoisotopic (exact) mass is 370 g/mol. The summed E-state index contributed by atoms with van der Waals surface area (Å²) < 4.78 is 12.4. The minimum atomic E-state index is -0.479. The summed E-state index contributed by atoms with van der Waals surface area (Å²) >= 11 is 0. The maximum atomic E-state index is 6.19. The number of hydrogen-bond donors (Lipinski definition) is 0. The lowest BCUT2D eigenvalue weighted by Gasteiger charge is -2.20. The van der Waals surface area contributed by atoms with E-state index in [4.69, 9.17) is 9.47 Å². The Hall–Kier alpha value is -2.86. The van der Waals surface area contributed by atoms with Crippen molar-refractivity contribution >= 4 is 0 Å². The van der Waals surface area contributed by atoms with Crippen LogP contribution >= 0.6 is 0 Å². The molecule has 0 aromatic heterocycles. The summed E-state index contributed by atoms with van der Waals surface area (Å²) in [6.45, 7) is 3.10. The predicted molar refractivity (Wildman–Crippen MR) is 113 cm³/mol. The van der Waals surface area contributed by atoms with Crippen LogP contribution in [-0.4, -0.2) is 0 Å². The molecular formula is C26H26O2. The second-order valence-electron chi connectivity index (χ2n) is 6.56. The molecule has 2 nitrogen and oxygen atoms in total. The lowest BCUT2D eigenvalue weighted by atomic mass is 10.1. The zero-order chi connectivity index (χ0) is 19.4. The van der Waals surface area contributed by atoms with Crippen molar-refractivity contribution in [2.75, 3.05) is 0 Å². The summed E-state index contributed by atoms with van der Waals surface area (Å²) in [7, 11) is 0. The fraction of sp³-hybridized carbons (Fsp3) is 0.231. The van der Waals surface area contributed by atoms with E-state index in [-0.39, 0.29) is 0 Å². The van der Waals surface area contributed by atoms with Gasteiger partial charge in [-0.05, 0) is 23.6 Å². The third-order valence-electron chi connectivity index (χ3n) is 4.30. The van der Waals surface area contributed by atoms with E-state index >= 15 is 0 Å². The third-order valence-corrected chi connectivity index (χ3v) is 4.30. The summed E-state index contributed by atoms with van der Waals surface area (Å²) in [4.78, 5) is 0. The van der Waals surface area contributed by atoms with Crippen molar-refractivity contribution in [3.8, 4) is 11.8 Å². The molecule has 0 bridgehead atoms. The second kappa shape index (κ2) is 11.1. The van der Waals surface area contributed by atoms with Gasteiger partial charge in [-0.15, -0.1) is 0 Å². The number of unbranched alkanes of at least 4 members (excludes halogenated alkanes) is 1. The lowest BCUT2D eigenvalue weighted by Crippen LogP contribution is -2.11. The van der Waals surface area contributed by atoms with Crippen LogP contribution in [0, 0.1) is 11.8 Å². The van der Waals surface area contributed by atoms with E-state index in [2.05, 4.69) is 43.0 Å². The fourth-order valence-electron chi connectivity index (χ4n) is 2.82. The molecule has 0 atom stereocenters. The average molecular weight is 370 g/mol. The normalized spacial score (nSPS) is 10.5. The number of benzene rings is 3. The third kappa shape index (κ3) is 6.09. The van der Waals surface area contributed by atoms with Crippen molar-refractivity contribution in [1.29, 1.82) is 0 Å². The first-order chi connectivity index (χ1) is 13.9. The van der Waals surface area contributed by atoms with Gasteiger partial charge in [-0.2, -0.15) is 0 Å². The van der Waals surface area contributed by atoms with E-state index in [9.17, 15) is 0 Å². The van der Waals surface area contributed by atoms with Gasteiger partial charge in [-0.25, -0.2) is 0 Å². The molecule has 3 aromatic rings. The number of rotatable bonds is 8. The van der Waals surface area contributed by atoms with Crippen molar-refractivity contribution in [3.63, 3.8) is 0 Å². The largest absolute Gasteiger partial charge is 0.344 e. The molecule has 0 N–H and O–H groups in total. The molecule has 0 aliphatic heterocycles. The van der Waals surface area contributed by atoms with Gasteiger partial charge in [0.1, 0.15) is 0 Å². The van der Waals surface area contributed by atoms with E-state index in [1.54, 1.807) is 0 Å². The van der Waals surface area contributed by atoms with Crippen molar-refractivity contribution in [1.82, 2.24) is 0 Å². The van der Waals surface area contributed by atoms with Gasteiger partial charge in [0.25, 0.3) is 0 Å². The van der Waals surface area contributed by atoms with Gasteiger partial charge >= 0.3 is 0 Å². The van der Waals surface area contributed by atoms with Gasteiger partial charge in [0, 0.05) is 17.5 Å². The zero-order valence-corrected chi connectivity index (χ0v) is 16.3. The van der Waals surface area contributed by atoms with E-state index in [1.165, 1.54) is 0 Å². The highest BCUT2D eigenvalue weighted by atomic mass is 16.7.